The zero-order chi connectivity index (χ0) is 15.7. The van der Waals surface area contributed by atoms with Gasteiger partial charge in [-0.25, -0.2) is 0 Å². The summed E-state index contributed by atoms with van der Waals surface area (Å²) in [5.74, 6) is 1.37. The fourth-order valence-electron chi connectivity index (χ4n) is 4.48. The summed E-state index contributed by atoms with van der Waals surface area (Å²) in [5, 5.41) is 0. The summed E-state index contributed by atoms with van der Waals surface area (Å²) in [6, 6.07) is 21.7. The van der Waals surface area contributed by atoms with Crippen molar-refractivity contribution in [1.29, 1.82) is 0 Å². The van der Waals surface area contributed by atoms with Crippen molar-refractivity contribution in [1.82, 2.24) is 0 Å². The standard InChI is InChI=1S/C21H25NO/c1-22-14-12-17(13-15-22)20-16-23-21(20,18-8-4-2-5-9-18)19-10-6-3-7-11-19/h2-11,17,20H,12-16H2,1H3/p+1/t20-/m1/s1. The summed E-state index contributed by atoms with van der Waals surface area (Å²) < 4.78 is 6.38. The lowest BCUT2D eigenvalue weighted by Gasteiger charge is -2.54. The van der Waals surface area contributed by atoms with Gasteiger partial charge in [0, 0.05) is 18.8 Å². The highest BCUT2D eigenvalue weighted by molar-refractivity contribution is 5.39. The van der Waals surface area contributed by atoms with Crippen LogP contribution in [0.1, 0.15) is 24.0 Å². The number of hydrogen-bond donors (Lipinski definition) is 1. The number of nitrogens with one attached hydrogen (secondary N) is 1. The Morgan fingerprint density at radius 1 is 0.870 bits per heavy atom. The van der Waals surface area contributed by atoms with Gasteiger partial charge in [0.2, 0.25) is 0 Å². The summed E-state index contributed by atoms with van der Waals surface area (Å²) >= 11 is 0. The maximum Gasteiger partial charge on any atom is 0.123 e. The van der Waals surface area contributed by atoms with Crippen LogP contribution in [0.4, 0.5) is 0 Å². The van der Waals surface area contributed by atoms with E-state index in [1.165, 1.54) is 37.1 Å². The molecule has 2 aliphatic heterocycles. The van der Waals surface area contributed by atoms with Gasteiger partial charge in [0.25, 0.3) is 0 Å². The van der Waals surface area contributed by atoms with Crippen LogP contribution < -0.4 is 4.90 Å². The average Bonchev–Trinajstić information content (AvgIpc) is 2.58. The van der Waals surface area contributed by atoms with E-state index in [0.29, 0.717) is 5.92 Å². The second-order valence-electron chi connectivity index (χ2n) is 7.18. The lowest BCUT2D eigenvalue weighted by molar-refractivity contribution is -0.886. The summed E-state index contributed by atoms with van der Waals surface area (Å²) in [6.07, 6.45) is 2.64. The first kappa shape index (κ1) is 14.9. The molecule has 120 valence electrons. The molecular weight excluding hydrogens is 282 g/mol. The topological polar surface area (TPSA) is 13.7 Å². The molecule has 2 saturated heterocycles. The first-order valence-corrected chi connectivity index (χ1v) is 8.87. The van der Waals surface area contributed by atoms with Crippen LogP contribution >= 0.6 is 0 Å². The molecule has 0 spiro atoms. The van der Waals surface area contributed by atoms with Gasteiger partial charge in [0.1, 0.15) is 5.60 Å². The van der Waals surface area contributed by atoms with Crippen LogP contribution in [-0.4, -0.2) is 26.7 Å². The van der Waals surface area contributed by atoms with E-state index in [-0.39, 0.29) is 5.60 Å². The van der Waals surface area contributed by atoms with Crippen LogP contribution in [0.5, 0.6) is 0 Å². The van der Waals surface area contributed by atoms with Crippen molar-refractivity contribution < 1.29 is 9.64 Å². The molecule has 2 heteroatoms. The zero-order valence-electron chi connectivity index (χ0n) is 13.9. The fourth-order valence-corrected chi connectivity index (χ4v) is 4.48. The molecule has 2 heterocycles. The average molecular weight is 308 g/mol. The van der Waals surface area contributed by atoms with Gasteiger partial charge in [0.15, 0.2) is 0 Å². The minimum absolute atomic E-state index is 0.238. The van der Waals surface area contributed by atoms with Gasteiger partial charge >= 0.3 is 0 Å². The second-order valence-corrected chi connectivity index (χ2v) is 7.18. The van der Waals surface area contributed by atoms with Crippen molar-refractivity contribution in [3.05, 3.63) is 71.8 Å². The molecule has 0 radical (unpaired) electrons. The Kier molecular flexibility index (Phi) is 3.96. The third-order valence-corrected chi connectivity index (χ3v) is 5.87. The third kappa shape index (κ3) is 2.50. The Labute approximate surface area is 139 Å². The van der Waals surface area contributed by atoms with Crippen molar-refractivity contribution in [3.63, 3.8) is 0 Å². The van der Waals surface area contributed by atoms with Crippen LogP contribution in [0.15, 0.2) is 60.7 Å². The molecule has 2 aromatic carbocycles. The van der Waals surface area contributed by atoms with E-state index in [1.807, 2.05) is 0 Å². The van der Waals surface area contributed by atoms with E-state index < -0.39 is 0 Å². The Bertz CT molecular complexity index is 592. The number of piperidine rings is 1. The van der Waals surface area contributed by atoms with Gasteiger partial charge in [-0.15, -0.1) is 0 Å². The molecule has 0 bridgehead atoms. The molecule has 0 unspecified atom stereocenters. The number of ether oxygens (including phenoxy) is 1. The van der Waals surface area contributed by atoms with Crippen LogP contribution in [0.3, 0.4) is 0 Å². The maximum atomic E-state index is 6.38. The van der Waals surface area contributed by atoms with E-state index in [0.717, 1.165) is 12.5 Å². The number of quaternary nitrogens is 1. The zero-order valence-corrected chi connectivity index (χ0v) is 13.9. The Hall–Kier alpha value is -1.64. The highest BCUT2D eigenvalue weighted by Gasteiger charge is 2.54. The number of rotatable bonds is 3. The minimum atomic E-state index is -0.238. The summed E-state index contributed by atoms with van der Waals surface area (Å²) in [4.78, 5) is 1.67. The Morgan fingerprint density at radius 2 is 1.39 bits per heavy atom. The molecule has 0 amide bonds. The van der Waals surface area contributed by atoms with E-state index in [2.05, 4.69) is 67.7 Å². The van der Waals surface area contributed by atoms with Gasteiger partial charge in [0.05, 0.1) is 26.7 Å². The summed E-state index contributed by atoms with van der Waals surface area (Å²) in [5.41, 5.74) is 2.39. The van der Waals surface area contributed by atoms with Crippen molar-refractivity contribution in [2.24, 2.45) is 11.8 Å². The van der Waals surface area contributed by atoms with Gasteiger partial charge in [-0.05, 0) is 17.0 Å². The minimum Gasteiger partial charge on any atom is -0.365 e. The lowest BCUT2D eigenvalue weighted by Crippen LogP contribution is -3.10. The van der Waals surface area contributed by atoms with Crippen molar-refractivity contribution >= 4 is 0 Å². The molecule has 23 heavy (non-hydrogen) atoms. The fraction of sp³-hybridized carbons (Fsp3) is 0.429. The van der Waals surface area contributed by atoms with Crippen molar-refractivity contribution in [2.45, 2.75) is 18.4 Å². The van der Waals surface area contributed by atoms with Gasteiger partial charge in [-0.1, -0.05) is 60.7 Å². The maximum absolute atomic E-state index is 6.38. The van der Waals surface area contributed by atoms with Gasteiger partial charge in [-0.2, -0.15) is 0 Å². The largest absolute Gasteiger partial charge is 0.365 e. The van der Waals surface area contributed by atoms with Gasteiger partial charge < -0.3 is 9.64 Å². The highest BCUT2D eigenvalue weighted by Crippen LogP contribution is 2.52. The molecule has 2 aromatic rings. The van der Waals surface area contributed by atoms with E-state index in [4.69, 9.17) is 4.74 Å². The van der Waals surface area contributed by atoms with Crippen LogP contribution in [-0.2, 0) is 10.3 Å². The number of likely N-dealkylation sites (tertiary alicyclic amines) is 1. The molecule has 1 atom stereocenters. The molecule has 0 saturated carbocycles. The first-order valence-electron chi connectivity index (χ1n) is 8.87. The lowest BCUT2D eigenvalue weighted by atomic mass is 9.65. The third-order valence-electron chi connectivity index (χ3n) is 5.87. The predicted molar refractivity (Wildman–Crippen MR) is 92.5 cm³/mol. The van der Waals surface area contributed by atoms with Gasteiger partial charge in [-0.3, -0.25) is 0 Å². The van der Waals surface area contributed by atoms with Crippen molar-refractivity contribution in [2.75, 3.05) is 26.7 Å². The smallest absolute Gasteiger partial charge is 0.123 e. The van der Waals surface area contributed by atoms with E-state index >= 15 is 0 Å². The predicted octanol–water partition coefficient (Wildman–Crippen LogP) is 2.50. The van der Waals surface area contributed by atoms with Crippen LogP contribution in [0, 0.1) is 11.8 Å². The van der Waals surface area contributed by atoms with Crippen LogP contribution in [0.2, 0.25) is 0 Å². The van der Waals surface area contributed by atoms with Crippen LogP contribution in [0.25, 0.3) is 0 Å². The normalized spacial score (nSPS) is 29.7. The molecule has 4 rings (SSSR count). The SMILES string of the molecule is C[NH+]1CCC([C@H]2COC2(c2ccccc2)c2ccccc2)CC1. The molecule has 0 aromatic heterocycles. The quantitative estimate of drug-likeness (QED) is 0.920. The van der Waals surface area contributed by atoms with E-state index in [1.54, 1.807) is 4.90 Å². The molecule has 2 fully saturated rings. The summed E-state index contributed by atoms with van der Waals surface area (Å²) in [7, 11) is 2.31. The van der Waals surface area contributed by atoms with Crippen molar-refractivity contribution in [3.8, 4) is 0 Å². The summed E-state index contributed by atoms with van der Waals surface area (Å²) in [6.45, 7) is 3.48. The molecule has 2 aliphatic rings. The Morgan fingerprint density at radius 3 is 1.83 bits per heavy atom. The molecular formula is C21H26NO+. The first-order chi connectivity index (χ1) is 11.3. The molecule has 1 N–H and O–H groups in total. The second kappa shape index (κ2) is 6.10. The molecule has 0 aliphatic carbocycles. The monoisotopic (exact) mass is 308 g/mol. The Balaban J connectivity index is 1.72. The van der Waals surface area contributed by atoms with E-state index in [9.17, 15) is 0 Å². The molecule has 2 nitrogen and oxygen atoms in total. The number of benzene rings is 2. The highest BCUT2D eigenvalue weighted by atomic mass is 16.5. The number of hydrogen-bond acceptors (Lipinski definition) is 1.